The van der Waals surface area contributed by atoms with Crippen LogP contribution in [0.5, 0.6) is 0 Å². The SMILES string of the molecule is C[C@H](N=C1NS(=O)(=O)c2ccccc21)C(=O)OCC(=O)N(Cc1ccccc1)c1ccccc1. The van der Waals surface area contributed by atoms with Gasteiger partial charge in [-0.25, -0.2) is 13.2 Å². The summed E-state index contributed by atoms with van der Waals surface area (Å²) in [6, 6.07) is 24.0. The Morgan fingerprint density at radius 2 is 1.56 bits per heavy atom. The molecule has 8 nitrogen and oxygen atoms in total. The highest BCUT2D eigenvalue weighted by Gasteiger charge is 2.31. The monoisotopic (exact) mass is 477 g/mol. The standard InChI is InChI=1S/C25H23N3O5S/c1-18(26-24-21-14-8-9-15-22(21)34(31,32)27-24)25(30)33-17-23(29)28(20-12-6-3-7-13-20)16-19-10-4-2-5-11-19/h2-15,18H,16-17H2,1H3,(H,26,27)/t18-/m0/s1. The maximum Gasteiger partial charge on any atom is 0.331 e. The number of hydrogen-bond donors (Lipinski definition) is 1. The van der Waals surface area contributed by atoms with Gasteiger partial charge in [0.05, 0.1) is 11.4 Å². The zero-order valence-electron chi connectivity index (χ0n) is 18.4. The third-order valence-corrected chi connectivity index (χ3v) is 6.61. The number of benzene rings is 3. The number of amidine groups is 1. The van der Waals surface area contributed by atoms with E-state index in [2.05, 4.69) is 9.71 Å². The van der Waals surface area contributed by atoms with Crippen molar-refractivity contribution in [3.05, 3.63) is 96.1 Å². The fraction of sp³-hybridized carbons (Fsp3) is 0.160. The van der Waals surface area contributed by atoms with Crippen molar-refractivity contribution in [2.75, 3.05) is 11.5 Å². The van der Waals surface area contributed by atoms with Crippen LogP contribution in [0.4, 0.5) is 5.69 Å². The van der Waals surface area contributed by atoms with E-state index in [9.17, 15) is 18.0 Å². The molecule has 0 unspecified atom stereocenters. The minimum absolute atomic E-state index is 0.0707. The zero-order chi connectivity index (χ0) is 24.1. The summed E-state index contributed by atoms with van der Waals surface area (Å²) in [4.78, 5) is 31.4. The molecule has 0 bridgehead atoms. The van der Waals surface area contributed by atoms with Crippen molar-refractivity contribution in [3.8, 4) is 0 Å². The van der Waals surface area contributed by atoms with Crippen LogP contribution in [-0.4, -0.2) is 38.8 Å². The van der Waals surface area contributed by atoms with Crippen molar-refractivity contribution in [3.63, 3.8) is 0 Å². The zero-order valence-corrected chi connectivity index (χ0v) is 19.2. The van der Waals surface area contributed by atoms with Crippen molar-refractivity contribution < 1.29 is 22.7 Å². The summed E-state index contributed by atoms with van der Waals surface area (Å²) in [5, 5.41) is 0. The maximum absolute atomic E-state index is 13.0. The molecule has 1 aliphatic rings. The van der Waals surface area contributed by atoms with Crippen molar-refractivity contribution >= 4 is 33.4 Å². The average molecular weight is 478 g/mol. The van der Waals surface area contributed by atoms with E-state index in [-0.39, 0.29) is 10.7 Å². The average Bonchev–Trinajstić information content (AvgIpc) is 3.11. The molecule has 0 radical (unpaired) electrons. The molecule has 0 saturated carbocycles. The minimum Gasteiger partial charge on any atom is -0.454 e. The number of nitrogens with zero attached hydrogens (tertiary/aromatic N) is 2. The number of para-hydroxylation sites is 1. The highest BCUT2D eigenvalue weighted by molar-refractivity contribution is 7.90. The van der Waals surface area contributed by atoms with Crippen LogP contribution < -0.4 is 9.62 Å². The van der Waals surface area contributed by atoms with Crippen LogP contribution in [0.15, 0.2) is 94.8 Å². The van der Waals surface area contributed by atoms with E-state index in [1.807, 2.05) is 48.5 Å². The van der Waals surface area contributed by atoms with Gasteiger partial charge in [-0.05, 0) is 36.8 Å². The summed E-state index contributed by atoms with van der Waals surface area (Å²) in [6.07, 6.45) is 0. The van der Waals surface area contributed by atoms with Crippen molar-refractivity contribution in [1.82, 2.24) is 4.72 Å². The smallest absolute Gasteiger partial charge is 0.331 e. The first-order valence-corrected chi connectivity index (χ1v) is 12.1. The molecule has 0 aromatic heterocycles. The fourth-order valence-electron chi connectivity index (χ4n) is 3.50. The van der Waals surface area contributed by atoms with Crippen LogP contribution >= 0.6 is 0 Å². The van der Waals surface area contributed by atoms with Gasteiger partial charge in [-0.2, -0.15) is 0 Å². The number of fused-ring (bicyclic) bond motifs is 1. The quantitative estimate of drug-likeness (QED) is 0.527. The summed E-state index contributed by atoms with van der Waals surface area (Å²) in [5.74, 6) is -1.06. The van der Waals surface area contributed by atoms with Gasteiger partial charge >= 0.3 is 5.97 Å². The molecular weight excluding hydrogens is 454 g/mol. The van der Waals surface area contributed by atoms with E-state index in [1.54, 1.807) is 35.2 Å². The molecule has 1 heterocycles. The van der Waals surface area contributed by atoms with Crippen LogP contribution in [0.2, 0.25) is 0 Å². The van der Waals surface area contributed by atoms with Gasteiger partial charge in [-0.15, -0.1) is 0 Å². The predicted molar refractivity (Wildman–Crippen MR) is 128 cm³/mol. The summed E-state index contributed by atoms with van der Waals surface area (Å²) >= 11 is 0. The van der Waals surface area contributed by atoms with Gasteiger partial charge in [0.15, 0.2) is 6.61 Å². The third kappa shape index (κ3) is 5.15. The molecule has 0 spiro atoms. The number of hydrogen-bond acceptors (Lipinski definition) is 6. The van der Waals surface area contributed by atoms with E-state index >= 15 is 0 Å². The number of carbonyl (C=O) groups is 2. The van der Waals surface area contributed by atoms with Crippen LogP contribution in [0.25, 0.3) is 0 Å². The first kappa shape index (κ1) is 23.2. The van der Waals surface area contributed by atoms with Crippen molar-refractivity contribution in [2.24, 2.45) is 4.99 Å². The Labute approximate surface area is 197 Å². The number of aliphatic imine (C=N–C) groups is 1. The fourth-order valence-corrected chi connectivity index (χ4v) is 4.74. The van der Waals surface area contributed by atoms with E-state index in [1.165, 1.54) is 13.0 Å². The molecule has 9 heteroatoms. The number of sulfonamides is 1. The number of rotatable bonds is 7. The van der Waals surface area contributed by atoms with E-state index in [4.69, 9.17) is 4.74 Å². The first-order chi connectivity index (χ1) is 16.3. The van der Waals surface area contributed by atoms with Crippen LogP contribution in [0, 0.1) is 0 Å². The Hall–Kier alpha value is -3.98. The summed E-state index contributed by atoms with van der Waals surface area (Å²) in [6.45, 7) is 1.32. The second kappa shape index (κ2) is 9.88. The Morgan fingerprint density at radius 3 is 2.26 bits per heavy atom. The number of anilines is 1. The molecule has 174 valence electrons. The van der Waals surface area contributed by atoms with Gasteiger partial charge in [-0.1, -0.05) is 60.7 Å². The largest absolute Gasteiger partial charge is 0.454 e. The van der Waals surface area contributed by atoms with E-state index < -0.39 is 34.5 Å². The molecule has 1 amide bonds. The molecule has 0 saturated heterocycles. The van der Waals surface area contributed by atoms with Gasteiger partial charge in [0, 0.05) is 11.3 Å². The molecule has 0 fully saturated rings. The van der Waals surface area contributed by atoms with Crippen molar-refractivity contribution in [1.29, 1.82) is 0 Å². The normalized spacial score (nSPS) is 15.7. The van der Waals surface area contributed by atoms with Gasteiger partial charge < -0.3 is 9.64 Å². The lowest BCUT2D eigenvalue weighted by atomic mass is 10.2. The number of nitrogens with one attached hydrogen (secondary N) is 1. The highest BCUT2D eigenvalue weighted by atomic mass is 32.2. The van der Waals surface area contributed by atoms with Crippen LogP contribution in [0.3, 0.4) is 0 Å². The molecule has 1 N–H and O–H groups in total. The number of ether oxygens (including phenoxy) is 1. The molecule has 1 atom stereocenters. The Kier molecular flexibility index (Phi) is 6.74. The number of amides is 1. The molecule has 34 heavy (non-hydrogen) atoms. The second-order valence-electron chi connectivity index (χ2n) is 7.66. The lowest BCUT2D eigenvalue weighted by Gasteiger charge is -2.23. The highest BCUT2D eigenvalue weighted by Crippen LogP contribution is 2.23. The van der Waals surface area contributed by atoms with Gasteiger partial charge in [0.2, 0.25) is 0 Å². The molecule has 3 aromatic carbocycles. The topological polar surface area (TPSA) is 105 Å². The van der Waals surface area contributed by atoms with Crippen molar-refractivity contribution in [2.45, 2.75) is 24.4 Å². The molecule has 0 aliphatic carbocycles. The van der Waals surface area contributed by atoms with Gasteiger partial charge in [-0.3, -0.25) is 14.5 Å². The third-order valence-electron chi connectivity index (χ3n) is 5.22. The van der Waals surface area contributed by atoms with Gasteiger partial charge in [0.25, 0.3) is 15.9 Å². The molecule has 3 aromatic rings. The molecular formula is C25H23N3O5S. The Morgan fingerprint density at radius 1 is 0.941 bits per heavy atom. The molecule has 4 rings (SSSR count). The summed E-state index contributed by atoms with van der Waals surface area (Å²) < 4.78 is 32.1. The van der Waals surface area contributed by atoms with E-state index in [0.717, 1.165) is 5.56 Å². The summed E-state index contributed by atoms with van der Waals surface area (Å²) in [5.41, 5.74) is 1.99. The van der Waals surface area contributed by atoms with Gasteiger partial charge in [0.1, 0.15) is 11.9 Å². The lowest BCUT2D eigenvalue weighted by Crippen LogP contribution is -2.35. The van der Waals surface area contributed by atoms with E-state index in [0.29, 0.717) is 17.8 Å². The maximum atomic E-state index is 13.0. The first-order valence-electron chi connectivity index (χ1n) is 10.6. The van der Waals surface area contributed by atoms with Crippen LogP contribution in [0.1, 0.15) is 18.1 Å². The van der Waals surface area contributed by atoms with Crippen LogP contribution in [-0.2, 0) is 30.9 Å². The number of esters is 1. The Balaban J connectivity index is 1.45. The Bertz CT molecular complexity index is 1320. The molecule has 1 aliphatic heterocycles. The minimum atomic E-state index is -3.72. The predicted octanol–water partition coefficient (Wildman–Crippen LogP) is 2.89. The summed E-state index contributed by atoms with van der Waals surface area (Å²) in [7, 11) is -3.72. The lowest BCUT2D eigenvalue weighted by molar-refractivity contribution is -0.148. The number of carbonyl (C=O) groups excluding carboxylic acids is 2. The second-order valence-corrected chi connectivity index (χ2v) is 9.31.